The fourth-order valence-corrected chi connectivity index (χ4v) is 1.66. The van der Waals surface area contributed by atoms with E-state index in [4.69, 9.17) is 5.11 Å². The minimum Gasteiger partial charge on any atom is -0.391 e. The summed E-state index contributed by atoms with van der Waals surface area (Å²) in [5.74, 6) is 0.553. The van der Waals surface area contributed by atoms with Crippen LogP contribution < -0.4 is 5.32 Å². The van der Waals surface area contributed by atoms with Crippen LogP contribution >= 0.6 is 0 Å². The molecule has 0 radical (unpaired) electrons. The molecule has 102 valence electrons. The smallest absolute Gasteiger partial charge is 0.222 e. The number of aliphatic imine (C=N–C) groups is 1. The molecule has 1 aromatic heterocycles. The summed E-state index contributed by atoms with van der Waals surface area (Å²) in [6, 6.07) is 11.5. The molecule has 0 bridgehead atoms. The van der Waals surface area contributed by atoms with E-state index in [1.54, 1.807) is 19.3 Å². The normalized spacial score (nSPS) is 11.8. The van der Waals surface area contributed by atoms with Crippen LogP contribution in [0.25, 0.3) is 11.8 Å². The molecule has 20 heavy (non-hydrogen) atoms. The van der Waals surface area contributed by atoms with Gasteiger partial charge in [0.15, 0.2) is 0 Å². The molecule has 0 aliphatic heterocycles. The van der Waals surface area contributed by atoms with Crippen LogP contribution in [0.4, 0.5) is 5.95 Å². The van der Waals surface area contributed by atoms with Crippen molar-refractivity contribution in [3.8, 4) is 0 Å². The van der Waals surface area contributed by atoms with Gasteiger partial charge in [0.25, 0.3) is 0 Å². The number of aliphatic hydroxyl groups excluding tert-OH is 1. The molecule has 0 aliphatic carbocycles. The maximum atomic E-state index is 8.90. The SMILES string of the molecule is CNc1nccc(C=C(N=CCO)c2ccccc2)n1. The van der Waals surface area contributed by atoms with Crippen LogP contribution in [0.1, 0.15) is 11.3 Å². The molecule has 0 spiro atoms. The number of nitrogens with zero attached hydrogens (tertiary/aromatic N) is 3. The summed E-state index contributed by atoms with van der Waals surface area (Å²) in [5.41, 5.74) is 2.44. The summed E-state index contributed by atoms with van der Waals surface area (Å²) in [6.07, 6.45) is 4.99. The third-order valence-electron chi connectivity index (χ3n) is 2.57. The fourth-order valence-electron chi connectivity index (χ4n) is 1.66. The number of anilines is 1. The van der Waals surface area contributed by atoms with E-state index in [9.17, 15) is 0 Å². The highest BCUT2D eigenvalue weighted by molar-refractivity contribution is 5.84. The molecule has 2 N–H and O–H groups in total. The molecule has 0 saturated carbocycles. The van der Waals surface area contributed by atoms with Crippen molar-refractivity contribution in [3.05, 3.63) is 53.9 Å². The molecule has 5 nitrogen and oxygen atoms in total. The number of rotatable bonds is 5. The van der Waals surface area contributed by atoms with Crippen LogP contribution in [0.15, 0.2) is 47.6 Å². The first-order valence-corrected chi connectivity index (χ1v) is 6.25. The van der Waals surface area contributed by atoms with Crippen LogP contribution in [-0.2, 0) is 0 Å². The Balaban J connectivity index is 2.40. The summed E-state index contributed by atoms with van der Waals surface area (Å²) < 4.78 is 0. The first-order valence-electron chi connectivity index (χ1n) is 6.25. The van der Waals surface area contributed by atoms with E-state index in [0.717, 1.165) is 17.0 Å². The van der Waals surface area contributed by atoms with Crippen molar-refractivity contribution in [1.29, 1.82) is 0 Å². The van der Waals surface area contributed by atoms with E-state index in [-0.39, 0.29) is 6.61 Å². The van der Waals surface area contributed by atoms with Crippen molar-refractivity contribution in [1.82, 2.24) is 9.97 Å². The highest BCUT2D eigenvalue weighted by atomic mass is 16.2. The molecule has 0 saturated heterocycles. The molecular formula is C15H16N4O. The van der Waals surface area contributed by atoms with Gasteiger partial charge in [0.1, 0.15) is 0 Å². The Hall–Kier alpha value is -2.53. The molecule has 5 heteroatoms. The Kier molecular flexibility index (Phi) is 4.97. The molecule has 0 unspecified atom stereocenters. The predicted octanol–water partition coefficient (Wildman–Crippen LogP) is 2.08. The summed E-state index contributed by atoms with van der Waals surface area (Å²) in [5, 5.41) is 11.8. The molecule has 0 amide bonds. The Morgan fingerprint density at radius 3 is 2.80 bits per heavy atom. The second-order valence-corrected chi connectivity index (χ2v) is 3.94. The Bertz CT molecular complexity index is 608. The van der Waals surface area contributed by atoms with Gasteiger partial charge in [0, 0.05) is 25.0 Å². The second kappa shape index (κ2) is 7.16. The van der Waals surface area contributed by atoms with Gasteiger partial charge >= 0.3 is 0 Å². The third kappa shape index (κ3) is 3.73. The predicted molar refractivity (Wildman–Crippen MR) is 81.5 cm³/mol. The van der Waals surface area contributed by atoms with Gasteiger partial charge in [-0.15, -0.1) is 0 Å². The lowest BCUT2D eigenvalue weighted by Crippen LogP contribution is -1.96. The lowest BCUT2D eigenvalue weighted by molar-refractivity contribution is 0.362. The van der Waals surface area contributed by atoms with Crippen LogP contribution in [0, 0.1) is 0 Å². The van der Waals surface area contributed by atoms with E-state index >= 15 is 0 Å². The average molecular weight is 268 g/mol. The van der Waals surface area contributed by atoms with E-state index in [1.165, 1.54) is 6.21 Å². The Labute approximate surface area is 117 Å². The number of nitrogens with one attached hydrogen (secondary N) is 1. The molecule has 0 atom stereocenters. The molecule has 1 aromatic carbocycles. The zero-order valence-electron chi connectivity index (χ0n) is 11.2. The van der Waals surface area contributed by atoms with Gasteiger partial charge < -0.3 is 10.4 Å². The first-order chi connectivity index (χ1) is 9.83. The monoisotopic (exact) mass is 268 g/mol. The van der Waals surface area contributed by atoms with Crippen molar-refractivity contribution < 1.29 is 5.11 Å². The van der Waals surface area contributed by atoms with Gasteiger partial charge in [0.2, 0.25) is 5.95 Å². The summed E-state index contributed by atoms with van der Waals surface area (Å²) >= 11 is 0. The number of aromatic nitrogens is 2. The summed E-state index contributed by atoms with van der Waals surface area (Å²) in [6.45, 7) is -0.101. The molecule has 0 fully saturated rings. The maximum Gasteiger partial charge on any atom is 0.222 e. The quantitative estimate of drug-likeness (QED) is 0.814. The van der Waals surface area contributed by atoms with Gasteiger partial charge in [-0.25, -0.2) is 9.97 Å². The maximum absolute atomic E-state index is 8.90. The van der Waals surface area contributed by atoms with Gasteiger partial charge in [-0.3, -0.25) is 4.99 Å². The van der Waals surface area contributed by atoms with Crippen molar-refractivity contribution in [2.45, 2.75) is 0 Å². The fraction of sp³-hybridized carbons (Fsp3) is 0.133. The zero-order chi connectivity index (χ0) is 14.2. The average Bonchev–Trinajstić information content (AvgIpc) is 2.52. The number of benzene rings is 1. The van der Waals surface area contributed by atoms with Gasteiger partial charge in [-0.05, 0) is 12.1 Å². The van der Waals surface area contributed by atoms with Gasteiger partial charge in [-0.1, -0.05) is 30.3 Å². The summed E-state index contributed by atoms with van der Waals surface area (Å²) in [4.78, 5) is 12.7. The lowest BCUT2D eigenvalue weighted by atomic mass is 10.1. The van der Waals surface area contributed by atoms with Crippen molar-refractivity contribution in [3.63, 3.8) is 0 Å². The molecule has 0 aliphatic rings. The summed E-state index contributed by atoms with van der Waals surface area (Å²) in [7, 11) is 1.77. The topological polar surface area (TPSA) is 70.4 Å². The van der Waals surface area contributed by atoms with Crippen molar-refractivity contribution in [2.75, 3.05) is 19.0 Å². The molecule has 2 aromatic rings. The molecular weight excluding hydrogens is 252 g/mol. The first kappa shape index (κ1) is 13.9. The van der Waals surface area contributed by atoms with E-state index in [0.29, 0.717) is 5.95 Å². The van der Waals surface area contributed by atoms with Crippen LogP contribution in [0.3, 0.4) is 0 Å². The van der Waals surface area contributed by atoms with E-state index < -0.39 is 0 Å². The third-order valence-corrected chi connectivity index (χ3v) is 2.57. The molecule has 2 rings (SSSR count). The van der Waals surface area contributed by atoms with Crippen molar-refractivity contribution in [2.24, 2.45) is 4.99 Å². The number of aliphatic hydroxyl groups is 1. The van der Waals surface area contributed by atoms with Crippen LogP contribution in [0.5, 0.6) is 0 Å². The Morgan fingerprint density at radius 1 is 1.30 bits per heavy atom. The van der Waals surface area contributed by atoms with Gasteiger partial charge in [0.05, 0.1) is 18.0 Å². The largest absolute Gasteiger partial charge is 0.391 e. The second-order valence-electron chi connectivity index (χ2n) is 3.94. The van der Waals surface area contributed by atoms with Crippen LogP contribution in [-0.4, -0.2) is 34.9 Å². The standard InChI is InChI=1S/C15H16N4O/c1-16-15-18-8-7-13(19-15)11-14(17-9-10-20)12-5-3-2-4-6-12/h2-9,11,20H,10H2,1H3,(H,16,18,19). The minimum atomic E-state index is -0.101. The zero-order valence-corrected chi connectivity index (χ0v) is 11.2. The highest BCUT2D eigenvalue weighted by Crippen LogP contribution is 2.18. The van der Waals surface area contributed by atoms with E-state index in [1.807, 2.05) is 36.4 Å². The molecule has 1 heterocycles. The number of hydrogen-bond donors (Lipinski definition) is 2. The van der Waals surface area contributed by atoms with E-state index in [2.05, 4.69) is 20.3 Å². The van der Waals surface area contributed by atoms with Crippen molar-refractivity contribution >= 4 is 23.9 Å². The lowest BCUT2D eigenvalue weighted by Gasteiger charge is -2.03. The Morgan fingerprint density at radius 2 is 2.10 bits per heavy atom. The minimum absolute atomic E-state index is 0.101. The highest BCUT2D eigenvalue weighted by Gasteiger charge is 2.01. The van der Waals surface area contributed by atoms with Gasteiger partial charge in [-0.2, -0.15) is 0 Å². The van der Waals surface area contributed by atoms with Crippen LogP contribution in [0.2, 0.25) is 0 Å². The number of hydrogen-bond acceptors (Lipinski definition) is 5.